The van der Waals surface area contributed by atoms with Crippen LogP contribution < -0.4 is 0 Å². The number of hydrogen-bond donors (Lipinski definition) is 1. The smallest absolute Gasteiger partial charge is 0.226 e. The molecule has 6 nitrogen and oxygen atoms in total. The Balaban J connectivity index is 2.33. The van der Waals surface area contributed by atoms with Crippen LogP contribution in [0.4, 0.5) is 0 Å². The molecule has 0 saturated heterocycles. The zero-order valence-electron chi connectivity index (χ0n) is 7.72. The van der Waals surface area contributed by atoms with Crippen LogP contribution in [0.1, 0.15) is 0 Å². The summed E-state index contributed by atoms with van der Waals surface area (Å²) >= 11 is 9.13. The van der Waals surface area contributed by atoms with Gasteiger partial charge in [0.25, 0.3) is 0 Å². The van der Waals surface area contributed by atoms with Crippen LogP contribution >= 0.6 is 27.5 Å². The first kappa shape index (κ1) is 9.73. The molecule has 80 valence electrons. The van der Waals surface area contributed by atoms with E-state index in [-0.39, 0.29) is 5.28 Å². The fourth-order valence-corrected chi connectivity index (χ4v) is 1.82. The molecule has 16 heavy (non-hydrogen) atoms. The van der Waals surface area contributed by atoms with Gasteiger partial charge in [0, 0.05) is 6.20 Å². The molecule has 0 bridgehead atoms. The molecule has 0 aliphatic carbocycles. The van der Waals surface area contributed by atoms with Gasteiger partial charge in [-0.15, -0.1) is 0 Å². The van der Waals surface area contributed by atoms with E-state index in [4.69, 9.17) is 11.6 Å². The highest BCUT2D eigenvalue weighted by molar-refractivity contribution is 9.10. The van der Waals surface area contributed by atoms with Crippen molar-refractivity contribution >= 4 is 38.7 Å². The van der Waals surface area contributed by atoms with Crippen LogP contribution in [0.3, 0.4) is 0 Å². The van der Waals surface area contributed by atoms with Crippen LogP contribution in [-0.2, 0) is 0 Å². The van der Waals surface area contributed by atoms with E-state index in [0.29, 0.717) is 17.0 Å². The molecule has 3 aromatic heterocycles. The molecule has 0 aliphatic heterocycles. The second-order valence-electron chi connectivity index (χ2n) is 3.02. The maximum absolute atomic E-state index is 5.81. The Morgan fingerprint density at radius 2 is 2.25 bits per heavy atom. The summed E-state index contributed by atoms with van der Waals surface area (Å²) in [5, 5.41) is 4.27. The first-order chi connectivity index (χ1) is 7.74. The van der Waals surface area contributed by atoms with E-state index in [9.17, 15) is 0 Å². The normalized spacial score (nSPS) is 11.1. The summed E-state index contributed by atoms with van der Waals surface area (Å²) < 4.78 is 2.45. The van der Waals surface area contributed by atoms with Crippen molar-refractivity contribution in [1.29, 1.82) is 0 Å². The summed E-state index contributed by atoms with van der Waals surface area (Å²) in [6.07, 6.45) is 4.98. The summed E-state index contributed by atoms with van der Waals surface area (Å²) in [4.78, 5) is 15.1. The average Bonchev–Trinajstić information content (AvgIpc) is 2.84. The standard InChI is InChI=1S/C8H4BrClN6/c9-4-1-13-16(2-4)7-5-6(12-3-11-5)14-8(10)15-7/h1-3H,(H,11,12,14,15). The van der Waals surface area contributed by atoms with Gasteiger partial charge in [0.15, 0.2) is 11.5 Å². The minimum atomic E-state index is 0.140. The van der Waals surface area contributed by atoms with Crippen molar-refractivity contribution in [1.82, 2.24) is 29.7 Å². The molecule has 1 N–H and O–H groups in total. The van der Waals surface area contributed by atoms with Gasteiger partial charge in [0.2, 0.25) is 5.28 Å². The minimum absolute atomic E-state index is 0.140. The molecule has 0 spiro atoms. The van der Waals surface area contributed by atoms with E-state index in [1.165, 1.54) is 6.33 Å². The topological polar surface area (TPSA) is 72.3 Å². The van der Waals surface area contributed by atoms with Gasteiger partial charge in [-0.2, -0.15) is 15.1 Å². The van der Waals surface area contributed by atoms with Gasteiger partial charge in [-0.25, -0.2) is 9.67 Å². The summed E-state index contributed by atoms with van der Waals surface area (Å²) in [5.74, 6) is 0.568. The van der Waals surface area contributed by atoms with Gasteiger partial charge >= 0.3 is 0 Å². The maximum atomic E-state index is 5.81. The van der Waals surface area contributed by atoms with Gasteiger partial charge in [-0.3, -0.25) is 0 Å². The predicted octanol–water partition coefficient (Wildman–Crippen LogP) is 1.95. The van der Waals surface area contributed by atoms with Crippen molar-refractivity contribution in [3.8, 4) is 5.82 Å². The van der Waals surface area contributed by atoms with Crippen molar-refractivity contribution in [2.75, 3.05) is 0 Å². The maximum Gasteiger partial charge on any atom is 0.226 e. The molecular weight excluding hydrogens is 295 g/mol. The van der Waals surface area contributed by atoms with Gasteiger partial charge < -0.3 is 4.98 Å². The molecule has 0 saturated carbocycles. The summed E-state index contributed by atoms with van der Waals surface area (Å²) in [6.45, 7) is 0. The number of rotatable bonds is 1. The van der Waals surface area contributed by atoms with E-state index >= 15 is 0 Å². The van der Waals surface area contributed by atoms with E-state index < -0.39 is 0 Å². The number of aromatic amines is 1. The Morgan fingerprint density at radius 1 is 1.38 bits per heavy atom. The van der Waals surface area contributed by atoms with Crippen LogP contribution in [0.15, 0.2) is 23.2 Å². The molecule has 3 rings (SSSR count). The third kappa shape index (κ3) is 1.48. The molecule has 3 heterocycles. The Bertz CT molecular complexity index is 659. The number of nitrogens with one attached hydrogen (secondary N) is 1. The molecule has 0 aliphatic rings. The lowest BCUT2D eigenvalue weighted by Gasteiger charge is -2.01. The Kier molecular flexibility index (Phi) is 2.15. The van der Waals surface area contributed by atoms with Crippen LogP contribution in [0.5, 0.6) is 0 Å². The average molecular weight is 300 g/mol. The number of hydrogen-bond acceptors (Lipinski definition) is 4. The van der Waals surface area contributed by atoms with E-state index in [0.717, 1.165) is 4.47 Å². The number of nitrogens with zero attached hydrogens (tertiary/aromatic N) is 5. The second kappa shape index (κ2) is 3.53. The minimum Gasteiger partial charge on any atom is -0.340 e. The van der Waals surface area contributed by atoms with Gasteiger partial charge in [-0.05, 0) is 27.5 Å². The second-order valence-corrected chi connectivity index (χ2v) is 4.27. The van der Waals surface area contributed by atoms with Crippen molar-refractivity contribution < 1.29 is 0 Å². The number of H-pyrrole nitrogens is 1. The first-order valence-electron chi connectivity index (χ1n) is 4.31. The van der Waals surface area contributed by atoms with Crippen molar-refractivity contribution in [2.24, 2.45) is 0 Å². The molecule has 0 atom stereocenters. The van der Waals surface area contributed by atoms with Crippen LogP contribution in [0.25, 0.3) is 17.0 Å². The molecule has 0 amide bonds. The lowest BCUT2D eigenvalue weighted by atomic mass is 10.5. The zero-order valence-corrected chi connectivity index (χ0v) is 10.1. The van der Waals surface area contributed by atoms with Crippen molar-refractivity contribution in [3.05, 3.63) is 28.5 Å². The van der Waals surface area contributed by atoms with Crippen LogP contribution in [-0.4, -0.2) is 29.7 Å². The lowest BCUT2D eigenvalue weighted by molar-refractivity contribution is 0.848. The van der Waals surface area contributed by atoms with Gasteiger partial charge in [-0.1, -0.05) is 0 Å². The number of aromatic nitrogens is 6. The van der Waals surface area contributed by atoms with E-state index in [1.807, 2.05) is 0 Å². The quantitative estimate of drug-likeness (QED) is 0.697. The molecule has 0 unspecified atom stereocenters. The van der Waals surface area contributed by atoms with Crippen LogP contribution in [0.2, 0.25) is 5.28 Å². The zero-order chi connectivity index (χ0) is 11.1. The highest BCUT2D eigenvalue weighted by Gasteiger charge is 2.11. The molecule has 3 aromatic rings. The summed E-state index contributed by atoms with van der Waals surface area (Å²) in [6, 6.07) is 0. The van der Waals surface area contributed by atoms with E-state index in [2.05, 4.69) is 41.0 Å². The Labute approximate surface area is 103 Å². The van der Waals surface area contributed by atoms with Gasteiger partial charge in [0.05, 0.1) is 17.0 Å². The Morgan fingerprint density at radius 3 is 3.00 bits per heavy atom. The molecule has 0 radical (unpaired) electrons. The fourth-order valence-electron chi connectivity index (χ4n) is 1.37. The number of halogens is 2. The van der Waals surface area contributed by atoms with Crippen molar-refractivity contribution in [2.45, 2.75) is 0 Å². The predicted molar refractivity (Wildman–Crippen MR) is 61.5 cm³/mol. The Hall–Kier alpha value is -1.47. The third-order valence-corrected chi connectivity index (χ3v) is 2.59. The number of imidazole rings is 1. The highest BCUT2D eigenvalue weighted by Crippen LogP contribution is 2.18. The molecule has 0 fully saturated rings. The SMILES string of the molecule is Clc1nc(-n2cc(Br)cn2)c2[nH]cnc2n1. The lowest BCUT2D eigenvalue weighted by Crippen LogP contribution is -2.00. The van der Waals surface area contributed by atoms with Crippen molar-refractivity contribution in [3.63, 3.8) is 0 Å². The highest BCUT2D eigenvalue weighted by atomic mass is 79.9. The van der Waals surface area contributed by atoms with E-state index in [1.54, 1.807) is 17.1 Å². The monoisotopic (exact) mass is 298 g/mol. The summed E-state index contributed by atoms with van der Waals surface area (Å²) in [5.41, 5.74) is 1.21. The molecular formula is C8H4BrClN6. The van der Waals surface area contributed by atoms with Crippen LogP contribution in [0, 0.1) is 0 Å². The number of fused-ring (bicyclic) bond motifs is 1. The fraction of sp³-hybridized carbons (Fsp3) is 0. The molecule has 8 heteroatoms. The third-order valence-electron chi connectivity index (χ3n) is 2.01. The first-order valence-corrected chi connectivity index (χ1v) is 5.48. The molecule has 0 aromatic carbocycles. The largest absolute Gasteiger partial charge is 0.340 e. The van der Waals surface area contributed by atoms with Gasteiger partial charge in [0.1, 0.15) is 5.52 Å². The summed E-state index contributed by atoms with van der Waals surface area (Å²) in [7, 11) is 0.